The summed E-state index contributed by atoms with van der Waals surface area (Å²) in [5.41, 5.74) is 0. The lowest BCUT2D eigenvalue weighted by molar-refractivity contribution is -0.162. The fourth-order valence-electron chi connectivity index (χ4n) is 1.91. The average Bonchev–Trinajstić information content (AvgIpc) is 3.06. The van der Waals surface area contributed by atoms with Crippen molar-refractivity contribution in [3.05, 3.63) is 22.4 Å². The van der Waals surface area contributed by atoms with Crippen LogP contribution < -0.4 is 5.32 Å². The molecule has 0 spiro atoms. The van der Waals surface area contributed by atoms with E-state index in [1.165, 1.54) is 23.3 Å². The Morgan fingerprint density at radius 2 is 2.33 bits per heavy atom. The quantitative estimate of drug-likeness (QED) is 0.784. The number of hydrogen-bond donors (Lipinski definition) is 1. The van der Waals surface area contributed by atoms with E-state index in [0.717, 1.165) is 0 Å². The second-order valence-electron chi connectivity index (χ2n) is 4.38. The first-order chi connectivity index (χ1) is 10.1. The Bertz CT molecular complexity index is 517. The molecule has 1 aromatic rings. The van der Waals surface area contributed by atoms with Crippen molar-refractivity contribution in [2.75, 3.05) is 33.4 Å². The molecular formula is C13H16N2O5S. The number of rotatable bonds is 4. The molecular weight excluding hydrogens is 296 g/mol. The highest BCUT2D eigenvalue weighted by Crippen LogP contribution is 2.09. The molecule has 1 atom stereocenters. The fourth-order valence-corrected chi connectivity index (χ4v) is 2.55. The van der Waals surface area contributed by atoms with Crippen LogP contribution in [0.3, 0.4) is 0 Å². The first kappa shape index (κ1) is 15.5. The molecule has 1 aromatic heterocycles. The highest BCUT2D eigenvalue weighted by atomic mass is 32.1. The molecule has 1 saturated heterocycles. The van der Waals surface area contributed by atoms with Crippen molar-refractivity contribution in [3.63, 3.8) is 0 Å². The summed E-state index contributed by atoms with van der Waals surface area (Å²) in [5, 5.41) is 4.35. The molecule has 1 aliphatic heterocycles. The number of carbonyl (C=O) groups excluding carboxylic acids is 3. The molecule has 0 radical (unpaired) electrons. The third-order valence-corrected chi connectivity index (χ3v) is 3.90. The standard InChI is InChI=1S/C13H16N2O5S/c1-19-13(18)9-8-15(4-5-20-9)11(16)7-14-12(17)10-3-2-6-21-10/h2-3,6,9H,4-5,7-8H2,1H3,(H,14,17). The molecule has 2 heterocycles. The average molecular weight is 312 g/mol. The van der Waals surface area contributed by atoms with E-state index < -0.39 is 12.1 Å². The Labute approximate surface area is 125 Å². The molecule has 2 rings (SSSR count). The molecule has 0 bridgehead atoms. The molecule has 0 aliphatic carbocycles. The van der Waals surface area contributed by atoms with E-state index in [2.05, 4.69) is 10.1 Å². The van der Waals surface area contributed by atoms with Crippen LogP contribution in [-0.2, 0) is 19.1 Å². The van der Waals surface area contributed by atoms with E-state index in [4.69, 9.17) is 4.74 Å². The van der Waals surface area contributed by atoms with Gasteiger partial charge in [0, 0.05) is 6.54 Å². The molecule has 8 heteroatoms. The predicted octanol–water partition coefficient (Wildman–Crippen LogP) is -0.122. The van der Waals surface area contributed by atoms with Crippen molar-refractivity contribution < 1.29 is 23.9 Å². The van der Waals surface area contributed by atoms with E-state index in [1.54, 1.807) is 17.5 Å². The number of morpholine rings is 1. The van der Waals surface area contributed by atoms with Crippen LogP contribution in [0.15, 0.2) is 17.5 Å². The summed E-state index contributed by atoms with van der Waals surface area (Å²) in [6.45, 7) is 0.691. The maximum atomic E-state index is 12.0. The van der Waals surface area contributed by atoms with Crippen molar-refractivity contribution in [2.24, 2.45) is 0 Å². The summed E-state index contributed by atoms with van der Waals surface area (Å²) in [6, 6.07) is 3.46. The molecule has 1 unspecified atom stereocenters. The minimum atomic E-state index is -0.763. The summed E-state index contributed by atoms with van der Waals surface area (Å²) in [5.74, 6) is -1.04. The van der Waals surface area contributed by atoms with Crippen LogP contribution in [-0.4, -0.2) is 62.1 Å². The number of hydrogen-bond acceptors (Lipinski definition) is 6. The van der Waals surface area contributed by atoms with Crippen LogP contribution in [0.1, 0.15) is 9.67 Å². The monoisotopic (exact) mass is 312 g/mol. The lowest BCUT2D eigenvalue weighted by atomic mass is 10.2. The van der Waals surface area contributed by atoms with Crippen LogP contribution in [0.25, 0.3) is 0 Å². The van der Waals surface area contributed by atoms with Gasteiger partial charge < -0.3 is 19.7 Å². The van der Waals surface area contributed by atoms with E-state index in [9.17, 15) is 14.4 Å². The van der Waals surface area contributed by atoms with Gasteiger partial charge in [0.2, 0.25) is 5.91 Å². The number of thiophene rings is 1. The largest absolute Gasteiger partial charge is 0.467 e. The number of nitrogens with zero attached hydrogens (tertiary/aromatic N) is 1. The van der Waals surface area contributed by atoms with Crippen molar-refractivity contribution in [2.45, 2.75) is 6.10 Å². The van der Waals surface area contributed by atoms with Gasteiger partial charge in [-0.3, -0.25) is 9.59 Å². The van der Waals surface area contributed by atoms with E-state index in [0.29, 0.717) is 11.4 Å². The molecule has 2 amide bonds. The molecule has 0 aromatic carbocycles. The topological polar surface area (TPSA) is 84.9 Å². The third-order valence-electron chi connectivity index (χ3n) is 3.03. The molecule has 7 nitrogen and oxygen atoms in total. The van der Waals surface area contributed by atoms with Crippen LogP contribution >= 0.6 is 11.3 Å². The Balaban J connectivity index is 1.82. The highest BCUT2D eigenvalue weighted by molar-refractivity contribution is 7.12. The number of carbonyl (C=O) groups is 3. The summed E-state index contributed by atoms with van der Waals surface area (Å²) in [4.78, 5) is 37.2. The van der Waals surface area contributed by atoms with Crippen molar-refractivity contribution in [1.82, 2.24) is 10.2 Å². The molecule has 0 saturated carbocycles. The van der Waals surface area contributed by atoms with Gasteiger partial charge in [0.25, 0.3) is 5.91 Å². The van der Waals surface area contributed by atoms with Crippen LogP contribution in [0.4, 0.5) is 0 Å². The number of ether oxygens (including phenoxy) is 2. The SMILES string of the molecule is COC(=O)C1CN(C(=O)CNC(=O)c2cccs2)CCO1. The normalized spacial score (nSPS) is 18.1. The van der Waals surface area contributed by atoms with Gasteiger partial charge in [-0.1, -0.05) is 6.07 Å². The zero-order valence-electron chi connectivity index (χ0n) is 11.5. The Hall–Kier alpha value is -1.93. The number of amides is 2. The van der Waals surface area contributed by atoms with Gasteiger partial charge in [-0.05, 0) is 11.4 Å². The number of nitrogens with one attached hydrogen (secondary N) is 1. The minimum absolute atomic E-state index is 0.107. The Kier molecular flexibility index (Phi) is 5.29. The van der Waals surface area contributed by atoms with Gasteiger partial charge in [-0.2, -0.15) is 0 Å². The molecule has 21 heavy (non-hydrogen) atoms. The van der Waals surface area contributed by atoms with Gasteiger partial charge in [0.1, 0.15) is 0 Å². The molecule has 1 fully saturated rings. The Morgan fingerprint density at radius 1 is 1.52 bits per heavy atom. The molecule has 1 N–H and O–H groups in total. The summed E-state index contributed by atoms with van der Waals surface area (Å²) < 4.78 is 9.84. The van der Waals surface area contributed by atoms with Gasteiger partial charge in [0.05, 0.1) is 31.7 Å². The van der Waals surface area contributed by atoms with Crippen molar-refractivity contribution in [1.29, 1.82) is 0 Å². The van der Waals surface area contributed by atoms with Crippen molar-refractivity contribution >= 4 is 29.1 Å². The van der Waals surface area contributed by atoms with Crippen molar-refractivity contribution in [3.8, 4) is 0 Å². The predicted molar refractivity (Wildman–Crippen MR) is 75.0 cm³/mol. The zero-order chi connectivity index (χ0) is 15.2. The first-order valence-corrected chi connectivity index (χ1v) is 7.28. The molecule has 114 valence electrons. The maximum Gasteiger partial charge on any atom is 0.336 e. The van der Waals surface area contributed by atoms with Crippen LogP contribution in [0.2, 0.25) is 0 Å². The number of methoxy groups -OCH3 is 1. The number of esters is 1. The molecule has 1 aliphatic rings. The van der Waals surface area contributed by atoms with Gasteiger partial charge in [-0.25, -0.2) is 4.79 Å². The second kappa shape index (κ2) is 7.19. The van der Waals surface area contributed by atoms with Crippen LogP contribution in [0, 0.1) is 0 Å². The summed E-state index contributed by atoms with van der Waals surface area (Å²) >= 11 is 1.31. The highest BCUT2D eigenvalue weighted by Gasteiger charge is 2.29. The van der Waals surface area contributed by atoms with E-state index in [-0.39, 0.29) is 31.5 Å². The van der Waals surface area contributed by atoms with Crippen LogP contribution in [0.5, 0.6) is 0 Å². The minimum Gasteiger partial charge on any atom is -0.467 e. The zero-order valence-corrected chi connectivity index (χ0v) is 12.4. The van der Waals surface area contributed by atoms with Gasteiger partial charge >= 0.3 is 5.97 Å². The smallest absolute Gasteiger partial charge is 0.336 e. The Morgan fingerprint density at radius 3 is 3.00 bits per heavy atom. The summed E-state index contributed by atoms with van der Waals surface area (Å²) in [6.07, 6.45) is -0.763. The van der Waals surface area contributed by atoms with E-state index >= 15 is 0 Å². The van der Waals surface area contributed by atoms with Gasteiger partial charge in [-0.15, -0.1) is 11.3 Å². The lowest BCUT2D eigenvalue weighted by Crippen LogP contribution is -2.51. The first-order valence-electron chi connectivity index (χ1n) is 6.40. The van der Waals surface area contributed by atoms with Gasteiger partial charge in [0.15, 0.2) is 6.10 Å². The lowest BCUT2D eigenvalue weighted by Gasteiger charge is -2.31. The second-order valence-corrected chi connectivity index (χ2v) is 5.33. The third kappa shape index (κ3) is 4.02. The maximum absolute atomic E-state index is 12.0. The summed E-state index contributed by atoms with van der Waals surface area (Å²) in [7, 11) is 1.27. The fraction of sp³-hybridized carbons (Fsp3) is 0.462. The van der Waals surface area contributed by atoms with E-state index in [1.807, 2.05) is 0 Å².